The SMILES string of the molecule is O=C(O)C=Cc1cc2c(cc1OCC1CCOC1)OCO2. The molecular formula is C15H16O6. The Morgan fingerprint density at radius 3 is 2.90 bits per heavy atom. The van der Waals surface area contributed by atoms with E-state index in [2.05, 4.69) is 0 Å². The second kappa shape index (κ2) is 6.05. The fraction of sp³-hybridized carbons (Fsp3) is 0.400. The van der Waals surface area contributed by atoms with Crippen LogP contribution in [-0.4, -0.2) is 37.7 Å². The van der Waals surface area contributed by atoms with E-state index < -0.39 is 5.97 Å². The molecule has 2 heterocycles. The van der Waals surface area contributed by atoms with E-state index in [9.17, 15) is 4.79 Å². The minimum Gasteiger partial charge on any atom is -0.492 e. The summed E-state index contributed by atoms with van der Waals surface area (Å²) < 4.78 is 21.8. The lowest BCUT2D eigenvalue weighted by molar-refractivity contribution is -0.131. The molecule has 3 rings (SSSR count). The number of ether oxygens (including phenoxy) is 4. The van der Waals surface area contributed by atoms with Crippen molar-refractivity contribution in [2.45, 2.75) is 6.42 Å². The van der Waals surface area contributed by atoms with Gasteiger partial charge in [0.15, 0.2) is 11.5 Å². The molecule has 0 saturated carbocycles. The van der Waals surface area contributed by atoms with E-state index in [4.69, 9.17) is 24.1 Å². The first-order chi connectivity index (χ1) is 10.2. The van der Waals surface area contributed by atoms with E-state index in [0.717, 1.165) is 19.1 Å². The summed E-state index contributed by atoms with van der Waals surface area (Å²) in [6.45, 7) is 2.16. The zero-order valence-corrected chi connectivity index (χ0v) is 11.4. The van der Waals surface area contributed by atoms with Crippen LogP contribution in [0.4, 0.5) is 0 Å². The van der Waals surface area contributed by atoms with Crippen molar-refractivity contribution in [3.05, 3.63) is 23.8 Å². The summed E-state index contributed by atoms with van der Waals surface area (Å²) in [6.07, 6.45) is 3.54. The molecule has 0 aromatic heterocycles. The summed E-state index contributed by atoms with van der Waals surface area (Å²) in [6, 6.07) is 3.46. The Morgan fingerprint density at radius 2 is 2.19 bits per heavy atom. The number of carboxylic acid groups (broad SMARTS) is 1. The summed E-state index contributed by atoms with van der Waals surface area (Å²) in [5.74, 6) is 1.15. The van der Waals surface area contributed by atoms with Crippen molar-refractivity contribution in [2.75, 3.05) is 26.6 Å². The molecule has 1 aromatic rings. The molecular weight excluding hydrogens is 276 g/mol. The Kier molecular flexibility index (Phi) is 3.96. The van der Waals surface area contributed by atoms with Gasteiger partial charge in [0, 0.05) is 30.2 Å². The lowest BCUT2D eigenvalue weighted by Crippen LogP contribution is -2.12. The van der Waals surface area contributed by atoms with Crippen LogP contribution in [-0.2, 0) is 9.53 Å². The first kappa shape index (κ1) is 13.8. The normalized spacial score (nSPS) is 20.1. The standard InChI is InChI=1S/C15H16O6/c16-15(17)2-1-11-5-13-14(21-9-20-13)6-12(11)19-8-10-3-4-18-7-10/h1-2,5-6,10H,3-4,7-9H2,(H,16,17). The maximum absolute atomic E-state index is 10.7. The van der Waals surface area contributed by atoms with E-state index in [1.807, 2.05) is 0 Å². The van der Waals surface area contributed by atoms with E-state index in [-0.39, 0.29) is 6.79 Å². The number of hydrogen-bond donors (Lipinski definition) is 1. The van der Waals surface area contributed by atoms with E-state index in [1.165, 1.54) is 6.08 Å². The maximum atomic E-state index is 10.7. The minimum atomic E-state index is -1.01. The van der Waals surface area contributed by atoms with Crippen LogP contribution in [0.15, 0.2) is 18.2 Å². The van der Waals surface area contributed by atoms with E-state index in [0.29, 0.717) is 41.9 Å². The predicted molar refractivity (Wildman–Crippen MR) is 73.7 cm³/mol. The first-order valence-corrected chi connectivity index (χ1v) is 6.77. The third kappa shape index (κ3) is 3.28. The minimum absolute atomic E-state index is 0.164. The Bertz CT molecular complexity index is 560. The summed E-state index contributed by atoms with van der Waals surface area (Å²) in [5, 5.41) is 8.76. The molecule has 21 heavy (non-hydrogen) atoms. The number of hydrogen-bond acceptors (Lipinski definition) is 5. The highest BCUT2D eigenvalue weighted by atomic mass is 16.7. The second-order valence-corrected chi connectivity index (χ2v) is 4.96. The topological polar surface area (TPSA) is 74.2 Å². The lowest BCUT2D eigenvalue weighted by Gasteiger charge is -2.13. The van der Waals surface area contributed by atoms with Crippen LogP contribution in [0.25, 0.3) is 6.08 Å². The number of aliphatic carboxylic acids is 1. The van der Waals surface area contributed by atoms with Crippen LogP contribution in [0, 0.1) is 5.92 Å². The smallest absolute Gasteiger partial charge is 0.328 e. The molecule has 1 saturated heterocycles. The molecule has 1 unspecified atom stereocenters. The third-order valence-corrected chi connectivity index (χ3v) is 3.41. The van der Waals surface area contributed by atoms with Crippen molar-refractivity contribution in [2.24, 2.45) is 5.92 Å². The number of fused-ring (bicyclic) bond motifs is 1. The molecule has 1 fully saturated rings. The van der Waals surface area contributed by atoms with Crippen LogP contribution < -0.4 is 14.2 Å². The lowest BCUT2D eigenvalue weighted by atomic mass is 10.1. The molecule has 0 spiro atoms. The van der Waals surface area contributed by atoms with Crippen LogP contribution >= 0.6 is 0 Å². The van der Waals surface area contributed by atoms with Gasteiger partial charge in [-0.05, 0) is 18.6 Å². The molecule has 112 valence electrons. The molecule has 2 aliphatic rings. The molecule has 1 aromatic carbocycles. The zero-order valence-electron chi connectivity index (χ0n) is 11.4. The van der Waals surface area contributed by atoms with Gasteiger partial charge < -0.3 is 24.1 Å². The second-order valence-electron chi connectivity index (χ2n) is 4.96. The highest BCUT2D eigenvalue weighted by Gasteiger charge is 2.20. The molecule has 1 atom stereocenters. The summed E-state index contributed by atoms with van der Waals surface area (Å²) in [7, 11) is 0. The van der Waals surface area contributed by atoms with Gasteiger partial charge in [-0.15, -0.1) is 0 Å². The van der Waals surface area contributed by atoms with E-state index in [1.54, 1.807) is 12.1 Å². The number of carbonyl (C=O) groups is 1. The zero-order chi connectivity index (χ0) is 14.7. The molecule has 2 aliphatic heterocycles. The molecule has 0 radical (unpaired) electrons. The molecule has 0 bridgehead atoms. The summed E-state index contributed by atoms with van der Waals surface area (Å²) in [5.41, 5.74) is 0.653. The Morgan fingerprint density at radius 1 is 1.38 bits per heavy atom. The number of carboxylic acids is 1. The molecule has 0 aliphatic carbocycles. The Balaban J connectivity index is 1.80. The summed E-state index contributed by atoms with van der Waals surface area (Å²) in [4.78, 5) is 10.7. The molecule has 1 N–H and O–H groups in total. The van der Waals surface area contributed by atoms with Gasteiger partial charge in [0.25, 0.3) is 0 Å². The van der Waals surface area contributed by atoms with Gasteiger partial charge in [-0.1, -0.05) is 0 Å². The monoisotopic (exact) mass is 292 g/mol. The summed E-state index contributed by atoms with van der Waals surface area (Å²) >= 11 is 0. The average molecular weight is 292 g/mol. The third-order valence-electron chi connectivity index (χ3n) is 3.41. The van der Waals surface area contributed by atoms with Crippen LogP contribution in [0.5, 0.6) is 17.2 Å². The van der Waals surface area contributed by atoms with Crippen LogP contribution in [0.2, 0.25) is 0 Å². The van der Waals surface area contributed by atoms with Crippen LogP contribution in [0.1, 0.15) is 12.0 Å². The number of benzene rings is 1. The van der Waals surface area contributed by atoms with Crippen molar-refractivity contribution in [3.8, 4) is 17.2 Å². The van der Waals surface area contributed by atoms with E-state index >= 15 is 0 Å². The fourth-order valence-corrected chi connectivity index (χ4v) is 2.28. The van der Waals surface area contributed by atoms with Crippen molar-refractivity contribution >= 4 is 12.0 Å². The van der Waals surface area contributed by atoms with Gasteiger partial charge in [0.2, 0.25) is 6.79 Å². The molecule has 6 heteroatoms. The van der Waals surface area contributed by atoms with Crippen molar-refractivity contribution < 1.29 is 28.8 Å². The fourth-order valence-electron chi connectivity index (χ4n) is 2.28. The van der Waals surface area contributed by atoms with Gasteiger partial charge >= 0.3 is 5.97 Å². The molecule has 0 amide bonds. The Labute approximate surface area is 121 Å². The highest BCUT2D eigenvalue weighted by molar-refractivity contribution is 5.86. The van der Waals surface area contributed by atoms with Crippen molar-refractivity contribution in [1.29, 1.82) is 0 Å². The average Bonchev–Trinajstić information content (AvgIpc) is 3.12. The van der Waals surface area contributed by atoms with Gasteiger partial charge in [-0.3, -0.25) is 0 Å². The maximum Gasteiger partial charge on any atom is 0.328 e. The van der Waals surface area contributed by atoms with Crippen LogP contribution in [0.3, 0.4) is 0 Å². The predicted octanol–water partition coefficient (Wildman–Crippen LogP) is 1.93. The molecule has 6 nitrogen and oxygen atoms in total. The van der Waals surface area contributed by atoms with Crippen molar-refractivity contribution in [1.82, 2.24) is 0 Å². The van der Waals surface area contributed by atoms with Gasteiger partial charge in [0.1, 0.15) is 5.75 Å². The first-order valence-electron chi connectivity index (χ1n) is 6.77. The Hall–Kier alpha value is -2.21. The highest BCUT2D eigenvalue weighted by Crippen LogP contribution is 2.39. The largest absolute Gasteiger partial charge is 0.492 e. The van der Waals surface area contributed by atoms with Gasteiger partial charge in [-0.25, -0.2) is 4.79 Å². The van der Waals surface area contributed by atoms with Gasteiger partial charge in [-0.2, -0.15) is 0 Å². The van der Waals surface area contributed by atoms with Gasteiger partial charge in [0.05, 0.1) is 13.2 Å². The van der Waals surface area contributed by atoms with Crippen molar-refractivity contribution in [3.63, 3.8) is 0 Å². The number of rotatable bonds is 5. The quantitative estimate of drug-likeness (QED) is 0.836.